The second kappa shape index (κ2) is 10.5. The number of nitrogens with one attached hydrogen (secondary N) is 1. The van der Waals surface area contributed by atoms with Gasteiger partial charge in [-0.05, 0) is 37.6 Å². The van der Waals surface area contributed by atoms with Gasteiger partial charge >= 0.3 is 0 Å². The highest BCUT2D eigenvalue weighted by Crippen LogP contribution is 2.27. The average Bonchev–Trinajstić information content (AvgIpc) is 2.49. The molecule has 0 spiro atoms. The van der Waals surface area contributed by atoms with E-state index in [0.29, 0.717) is 11.5 Å². The van der Waals surface area contributed by atoms with Gasteiger partial charge < -0.3 is 24.6 Å². The molecule has 0 heterocycles. The van der Waals surface area contributed by atoms with Crippen molar-refractivity contribution >= 4 is 0 Å². The second-order valence-corrected chi connectivity index (χ2v) is 4.28. The fourth-order valence-electron chi connectivity index (χ4n) is 1.77. The summed E-state index contributed by atoms with van der Waals surface area (Å²) in [5.74, 6) is 1.34. The zero-order valence-corrected chi connectivity index (χ0v) is 12.4. The van der Waals surface area contributed by atoms with Crippen molar-refractivity contribution in [3.63, 3.8) is 0 Å². The molecule has 0 aromatic heterocycles. The number of aliphatic hydroxyl groups is 1. The number of ether oxygens (including phenoxy) is 3. The molecule has 2 N–H and O–H groups in total. The number of aliphatic hydroxyl groups excluding tert-OH is 1. The number of methoxy groups -OCH3 is 1. The maximum atomic E-state index is 8.76. The van der Waals surface area contributed by atoms with Crippen LogP contribution in [0.2, 0.25) is 0 Å². The van der Waals surface area contributed by atoms with Gasteiger partial charge in [0.1, 0.15) is 6.61 Å². The van der Waals surface area contributed by atoms with E-state index in [4.69, 9.17) is 19.3 Å². The van der Waals surface area contributed by atoms with Crippen molar-refractivity contribution in [2.45, 2.75) is 19.9 Å². The highest BCUT2D eigenvalue weighted by atomic mass is 16.5. The zero-order valence-electron chi connectivity index (χ0n) is 12.4. The van der Waals surface area contributed by atoms with Crippen LogP contribution in [0.4, 0.5) is 0 Å². The lowest BCUT2D eigenvalue weighted by Crippen LogP contribution is -2.16. The molecule has 114 valence electrons. The number of benzene rings is 1. The van der Waals surface area contributed by atoms with Crippen LogP contribution in [0.5, 0.6) is 11.5 Å². The van der Waals surface area contributed by atoms with E-state index in [1.54, 1.807) is 7.11 Å². The summed E-state index contributed by atoms with van der Waals surface area (Å²) in [4.78, 5) is 0. The van der Waals surface area contributed by atoms with Gasteiger partial charge in [0.15, 0.2) is 11.5 Å². The summed E-state index contributed by atoms with van der Waals surface area (Å²) in [5.41, 5.74) is 1.13. The second-order valence-electron chi connectivity index (χ2n) is 4.28. The van der Waals surface area contributed by atoms with Crippen LogP contribution >= 0.6 is 0 Å². The molecule has 0 unspecified atom stereocenters. The Bertz CT molecular complexity index is 371. The van der Waals surface area contributed by atoms with Crippen LogP contribution in [0.3, 0.4) is 0 Å². The lowest BCUT2D eigenvalue weighted by atomic mass is 10.2. The summed E-state index contributed by atoms with van der Waals surface area (Å²) in [6.07, 6.45) is 1.00. The number of hydrogen-bond donors (Lipinski definition) is 2. The van der Waals surface area contributed by atoms with E-state index in [1.807, 2.05) is 25.1 Å². The molecular formula is C15H25NO4. The molecule has 5 nitrogen and oxygen atoms in total. The van der Waals surface area contributed by atoms with Crippen molar-refractivity contribution < 1.29 is 19.3 Å². The summed E-state index contributed by atoms with van der Waals surface area (Å²) in [6.45, 7) is 5.53. The van der Waals surface area contributed by atoms with Crippen LogP contribution in [0, 0.1) is 0 Å². The molecule has 0 aliphatic heterocycles. The quantitative estimate of drug-likeness (QED) is 0.604. The van der Waals surface area contributed by atoms with Gasteiger partial charge in [0, 0.05) is 19.8 Å². The van der Waals surface area contributed by atoms with Crippen LogP contribution in [0.15, 0.2) is 18.2 Å². The van der Waals surface area contributed by atoms with E-state index < -0.39 is 0 Å². The molecule has 1 aromatic rings. The van der Waals surface area contributed by atoms with Crippen molar-refractivity contribution in [3.8, 4) is 11.5 Å². The first-order valence-electron chi connectivity index (χ1n) is 7.00. The first-order chi connectivity index (χ1) is 9.81. The minimum atomic E-state index is -0.00765. The maximum absolute atomic E-state index is 8.76. The van der Waals surface area contributed by atoms with Crippen molar-refractivity contribution in [2.75, 3.05) is 40.1 Å². The molecule has 0 fully saturated rings. The molecule has 1 rings (SSSR count). The van der Waals surface area contributed by atoms with E-state index in [0.717, 1.165) is 38.3 Å². The summed E-state index contributed by atoms with van der Waals surface area (Å²) in [7, 11) is 1.61. The third-order valence-electron chi connectivity index (χ3n) is 2.75. The molecule has 20 heavy (non-hydrogen) atoms. The molecule has 0 aliphatic rings. The average molecular weight is 283 g/mol. The molecule has 0 atom stereocenters. The Labute approximate surface area is 120 Å². The van der Waals surface area contributed by atoms with E-state index in [2.05, 4.69) is 5.32 Å². The van der Waals surface area contributed by atoms with Crippen LogP contribution < -0.4 is 14.8 Å². The van der Waals surface area contributed by atoms with Crippen LogP contribution in [-0.4, -0.2) is 45.2 Å². The summed E-state index contributed by atoms with van der Waals surface area (Å²) in [5, 5.41) is 12.1. The summed E-state index contributed by atoms with van der Waals surface area (Å²) in [6, 6.07) is 5.80. The normalized spacial score (nSPS) is 10.6. The van der Waals surface area contributed by atoms with Gasteiger partial charge in [-0.1, -0.05) is 6.07 Å². The summed E-state index contributed by atoms with van der Waals surface area (Å²) < 4.78 is 16.0. The van der Waals surface area contributed by atoms with Crippen LogP contribution in [0.25, 0.3) is 0 Å². The SMILES string of the molecule is CCOCCCNCc1ccc(OCCO)c(OC)c1. The number of rotatable bonds is 11. The van der Waals surface area contributed by atoms with Crippen molar-refractivity contribution in [1.82, 2.24) is 5.32 Å². The lowest BCUT2D eigenvalue weighted by molar-refractivity contribution is 0.144. The first-order valence-corrected chi connectivity index (χ1v) is 7.00. The van der Waals surface area contributed by atoms with Gasteiger partial charge in [0.25, 0.3) is 0 Å². The maximum Gasteiger partial charge on any atom is 0.161 e. The molecular weight excluding hydrogens is 258 g/mol. The fourth-order valence-corrected chi connectivity index (χ4v) is 1.77. The molecule has 0 aliphatic carbocycles. The Morgan fingerprint density at radius 1 is 1.20 bits per heavy atom. The lowest BCUT2D eigenvalue weighted by Gasteiger charge is -2.12. The highest BCUT2D eigenvalue weighted by molar-refractivity contribution is 5.42. The third kappa shape index (κ3) is 6.23. The molecule has 0 amide bonds. The monoisotopic (exact) mass is 283 g/mol. The number of hydrogen-bond acceptors (Lipinski definition) is 5. The fraction of sp³-hybridized carbons (Fsp3) is 0.600. The van der Waals surface area contributed by atoms with E-state index in [1.165, 1.54) is 0 Å². The molecule has 5 heteroatoms. The topological polar surface area (TPSA) is 60.0 Å². The van der Waals surface area contributed by atoms with Gasteiger partial charge in [-0.3, -0.25) is 0 Å². The van der Waals surface area contributed by atoms with E-state index in [9.17, 15) is 0 Å². The van der Waals surface area contributed by atoms with Crippen molar-refractivity contribution in [2.24, 2.45) is 0 Å². The molecule has 0 radical (unpaired) electrons. The summed E-state index contributed by atoms with van der Waals surface area (Å²) >= 11 is 0. The minimum absolute atomic E-state index is 0.00765. The standard InChI is InChI=1S/C15H25NO4/c1-3-19-9-4-7-16-12-13-5-6-14(20-10-8-17)15(11-13)18-2/h5-6,11,16-17H,3-4,7-10,12H2,1-2H3. The molecule has 0 bridgehead atoms. The van der Waals surface area contributed by atoms with E-state index >= 15 is 0 Å². The predicted molar refractivity (Wildman–Crippen MR) is 78.4 cm³/mol. The molecule has 0 saturated heterocycles. The Balaban J connectivity index is 2.38. The van der Waals surface area contributed by atoms with Crippen LogP contribution in [0.1, 0.15) is 18.9 Å². The third-order valence-corrected chi connectivity index (χ3v) is 2.75. The van der Waals surface area contributed by atoms with Crippen molar-refractivity contribution in [1.29, 1.82) is 0 Å². The van der Waals surface area contributed by atoms with Gasteiger partial charge in [-0.25, -0.2) is 0 Å². The Morgan fingerprint density at radius 2 is 2.05 bits per heavy atom. The van der Waals surface area contributed by atoms with Gasteiger partial charge in [-0.2, -0.15) is 0 Å². The Kier molecular flexibility index (Phi) is 8.78. The molecule has 0 saturated carbocycles. The Morgan fingerprint density at radius 3 is 2.75 bits per heavy atom. The molecule has 1 aromatic carbocycles. The highest BCUT2D eigenvalue weighted by Gasteiger charge is 2.05. The predicted octanol–water partition coefficient (Wildman–Crippen LogP) is 1.58. The Hall–Kier alpha value is -1.30. The van der Waals surface area contributed by atoms with Crippen LogP contribution in [-0.2, 0) is 11.3 Å². The first kappa shape index (κ1) is 16.8. The smallest absolute Gasteiger partial charge is 0.161 e. The largest absolute Gasteiger partial charge is 0.493 e. The van der Waals surface area contributed by atoms with Gasteiger partial charge in [-0.15, -0.1) is 0 Å². The van der Waals surface area contributed by atoms with E-state index in [-0.39, 0.29) is 13.2 Å². The van der Waals surface area contributed by atoms with Crippen molar-refractivity contribution in [3.05, 3.63) is 23.8 Å². The zero-order chi connectivity index (χ0) is 14.6. The van der Waals surface area contributed by atoms with Gasteiger partial charge in [0.2, 0.25) is 0 Å². The van der Waals surface area contributed by atoms with Gasteiger partial charge in [0.05, 0.1) is 13.7 Å². The minimum Gasteiger partial charge on any atom is -0.493 e.